The van der Waals surface area contributed by atoms with Gasteiger partial charge in [-0.25, -0.2) is 14.0 Å². The van der Waals surface area contributed by atoms with Gasteiger partial charge in [0.2, 0.25) is 0 Å². The number of aromatic nitrogens is 1. The number of aromatic amines is 1. The van der Waals surface area contributed by atoms with E-state index in [9.17, 15) is 29.0 Å². The van der Waals surface area contributed by atoms with E-state index in [-0.39, 0.29) is 11.5 Å². The van der Waals surface area contributed by atoms with Crippen molar-refractivity contribution in [2.75, 3.05) is 20.0 Å². The largest absolute Gasteiger partial charge is 0.497 e. The third-order valence-electron chi connectivity index (χ3n) is 3.41. The van der Waals surface area contributed by atoms with Crippen molar-refractivity contribution in [2.24, 2.45) is 0 Å². The number of hydrogen-bond donors (Lipinski definition) is 4. The Morgan fingerprint density at radius 3 is 2.16 bits per heavy atom. The summed E-state index contributed by atoms with van der Waals surface area (Å²) in [6, 6.07) is 2.11. The monoisotopic (exact) mass is 352 g/mol. The number of nitrogens with one attached hydrogen (secondary N) is 1. The zero-order chi connectivity index (χ0) is 18.9. The molecule has 0 unspecified atom stereocenters. The Kier molecular flexibility index (Phi) is 4.63. The zero-order valence-corrected chi connectivity index (χ0v) is 13.0. The highest BCUT2D eigenvalue weighted by Crippen LogP contribution is 2.40. The Morgan fingerprint density at radius 2 is 1.68 bits per heavy atom. The number of pyridine rings is 1. The predicted octanol–water partition coefficient (Wildman–Crippen LogP) is 1.18. The highest BCUT2D eigenvalue weighted by atomic mass is 19.1. The number of benzene rings is 1. The number of carbonyl (C=O) groups is 2. The number of carboxylic acid groups (broad SMARTS) is 2. The second-order valence-electron chi connectivity index (χ2n) is 4.79. The quantitative estimate of drug-likeness (QED) is 0.626. The average molecular weight is 352 g/mol. The Labute approximate surface area is 139 Å². The van der Waals surface area contributed by atoms with Gasteiger partial charge in [0.05, 0.1) is 19.8 Å². The molecule has 0 fully saturated rings. The van der Waals surface area contributed by atoms with E-state index >= 15 is 0 Å². The van der Waals surface area contributed by atoms with Gasteiger partial charge in [-0.15, -0.1) is 0 Å². The van der Waals surface area contributed by atoms with Crippen molar-refractivity contribution in [1.29, 1.82) is 0 Å². The molecular formula is C15H13FN2O7. The van der Waals surface area contributed by atoms with Gasteiger partial charge in [-0.3, -0.25) is 4.79 Å². The summed E-state index contributed by atoms with van der Waals surface area (Å²) in [6.07, 6.45) is 0. The van der Waals surface area contributed by atoms with E-state index in [1.165, 1.54) is 13.2 Å². The van der Waals surface area contributed by atoms with Crippen molar-refractivity contribution in [3.63, 3.8) is 0 Å². The highest BCUT2D eigenvalue weighted by Gasteiger charge is 2.30. The minimum atomic E-state index is -1.75. The number of halogens is 1. The molecule has 132 valence electrons. The first-order chi connectivity index (χ1) is 11.7. The van der Waals surface area contributed by atoms with Crippen LogP contribution in [0.5, 0.6) is 11.5 Å². The molecule has 0 radical (unpaired) electrons. The Hall–Kier alpha value is -3.56. The molecule has 0 aliphatic rings. The van der Waals surface area contributed by atoms with Crippen molar-refractivity contribution in [3.8, 4) is 22.6 Å². The van der Waals surface area contributed by atoms with Gasteiger partial charge < -0.3 is 30.4 Å². The van der Waals surface area contributed by atoms with Crippen molar-refractivity contribution < 1.29 is 33.7 Å². The molecule has 0 atom stereocenters. The summed E-state index contributed by atoms with van der Waals surface area (Å²) in [6.45, 7) is 0. The van der Waals surface area contributed by atoms with Crippen LogP contribution in [0.3, 0.4) is 0 Å². The summed E-state index contributed by atoms with van der Waals surface area (Å²) >= 11 is 0. The molecule has 0 saturated heterocycles. The molecule has 1 aromatic heterocycles. The van der Waals surface area contributed by atoms with E-state index in [1.54, 1.807) is 0 Å². The first-order valence-corrected chi connectivity index (χ1v) is 6.67. The average Bonchev–Trinajstić information content (AvgIpc) is 2.52. The summed E-state index contributed by atoms with van der Waals surface area (Å²) in [5, 5.41) is 18.7. The number of H-pyrrole nitrogens is 1. The number of rotatable bonds is 5. The molecule has 2 aromatic rings. The molecule has 0 saturated carbocycles. The molecule has 10 heteroatoms. The fourth-order valence-corrected chi connectivity index (χ4v) is 2.38. The molecule has 5 N–H and O–H groups in total. The number of nitrogens with two attached hydrogens (primary N) is 1. The lowest BCUT2D eigenvalue weighted by atomic mass is 9.94. The Balaban J connectivity index is 3.09. The zero-order valence-electron chi connectivity index (χ0n) is 13.0. The van der Waals surface area contributed by atoms with Crippen LogP contribution in [0, 0.1) is 5.82 Å². The lowest BCUT2D eigenvalue weighted by Gasteiger charge is -2.16. The second-order valence-corrected chi connectivity index (χ2v) is 4.79. The molecule has 1 aromatic carbocycles. The first-order valence-electron chi connectivity index (χ1n) is 6.67. The number of nitrogen functional groups attached to an aromatic ring is 1. The molecule has 25 heavy (non-hydrogen) atoms. The smallest absolute Gasteiger partial charge is 0.342 e. The van der Waals surface area contributed by atoms with Crippen molar-refractivity contribution >= 4 is 17.8 Å². The fourth-order valence-electron chi connectivity index (χ4n) is 2.38. The van der Waals surface area contributed by atoms with E-state index in [1.807, 2.05) is 4.98 Å². The van der Waals surface area contributed by atoms with Crippen LogP contribution in [0.4, 0.5) is 10.2 Å². The van der Waals surface area contributed by atoms with E-state index in [0.29, 0.717) is 0 Å². The third-order valence-corrected chi connectivity index (χ3v) is 3.41. The predicted molar refractivity (Wildman–Crippen MR) is 83.9 cm³/mol. The normalized spacial score (nSPS) is 10.4. The third kappa shape index (κ3) is 2.96. The molecule has 9 nitrogen and oxygen atoms in total. The first kappa shape index (κ1) is 17.8. The lowest BCUT2D eigenvalue weighted by Crippen LogP contribution is -2.24. The van der Waals surface area contributed by atoms with Crippen LogP contribution in [0.1, 0.15) is 20.7 Å². The van der Waals surface area contributed by atoms with Gasteiger partial charge in [0, 0.05) is 17.7 Å². The highest BCUT2D eigenvalue weighted by molar-refractivity contribution is 6.08. The minimum absolute atomic E-state index is 0.0460. The van der Waals surface area contributed by atoms with Gasteiger partial charge in [-0.05, 0) is 0 Å². The van der Waals surface area contributed by atoms with Crippen molar-refractivity contribution in [1.82, 2.24) is 4.98 Å². The Bertz CT molecular complexity index is 936. The maximum absolute atomic E-state index is 14.6. The number of methoxy groups -OCH3 is 2. The maximum Gasteiger partial charge on any atom is 0.342 e. The molecule has 0 aliphatic heterocycles. The van der Waals surface area contributed by atoms with Gasteiger partial charge in [0.1, 0.15) is 34.3 Å². The summed E-state index contributed by atoms with van der Waals surface area (Å²) in [5.41, 5.74) is 1.36. The number of carboxylic acids is 2. The fraction of sp³-hybridized carbons (Fsp3) is 0.133. The van der Waals surface area contributed by atoms with Gasteiger partial charge in [-0.2, -0.15) is 0 Å². The number of hydrogen-bond acceptors (Lipinski definition) is 6. The van der Waals surface area contributed by atoms with Crippen LogP contribution in [-0.4, -0.2) is 41.4 Å². The lowest BCUT2D eigenvalue weighted by molar-refractivity contribution is 0.0695. The molecule has 0 amide bonds. The molecule has 0 bridgehead atoms. The summed E-state index contributed by atoms with van der Waals surface area (Å²) in [5.74, 6) is -5.25. The van der Waals surface area contributed by atoms with Crippen LogP contribution in [0.2, 0.25) is 0 Å². The van der Waals surface area contributed by atoms with Crippen LogP contribution in [0.15, 0.2) is 16.9 Å². The number of anilines is 1. The molecule has 0 spiro atoms. The van der Waals surface area contributed by atoms with E-state index in [0.717, 1.165) is 13.2 Å². The molecular weight excluding hydrogens is 339 g/mol. The van der Waals surface area contributed by atoms with Crippen LogP contribution >= 0.6 is 0 Å². The summed E-state index contributed by atoms with van der Waals surface area (Å²) in [7, 11) is 2.43. The van der Waals surface area contributed by atoms with Crippen LogP contribution < -0.4 is 20.8 Å². The van der Waals surface area contributed by atoms with Crippen molar-refractivity contribution in [2.45, 2.75) is 0 Å². The Morgan fingerprint density at radius 1 is 1.08 bits per heavy atom. The van der Waals surface area contributed by atoms with Crippen LogP contribution in [-0.2, 0) is 0 Å². The molecule has 2 rings (SSSR count). The van der Waals surface area contributed by atoms with Gasteiger partial charge in [0.15, 0.2) is 0 Å². The second kappa shape index (κ2) is 6.51. The van der Waals surface area contributed by atoms with Gasteiger partial charge in [-0.1, -0.05) is 0 Å². The van der Waals surface area contributed by atoms with Crippen molar-refractivity contribution in [3.05, 3.63) is 39.4 Å². The maximum atomic E-state index is 14.6. The number of aromatic carboxylic acids is 2. The SMILES string of the molecule is COc1cc(F)c(-c2c(C(=O)O)c(N)[nH]c(=O)c2C(=O)O)c(OC)c1. The minimum Gasteiger partial charge on any atom is -0.497 e. The van der Waals surface area contributed by atoms with Gasteiger partial charge >= 0.3 is 11.9 Å². The topological polar surface area (TPSA) is 152 Å². The van der Waals surface area contributed by atoms with Crippen LogP contribution in [0.25, 0.3) is 11.1 Å². The van der Waals surface area contributed by atoms with E-state index in [2.05, 4.69) is 0 Å². The van der Waals surface area contributed by atoms with E-state index in [4.69, 9.17) is 15.2 Å². The summed E-state index contributed by atoms with van der Waals surface area (Å²) < 4.78 is 24.5. The molecule has 0 aliphatic carbocycles. The van der Waals surface area contributed by atoms with E-state index < -0.39 is 51.4 Å². The molecule has 1 heterocycles. The standard InChI is InChI=1S/C15H13FN2O7/c1-24-5-3-6(16)8(7(4-5)25-2)9-10(14(20)21)12(17)18-13(19)11(9)15(22)23/h3-4H,1-2H3,(H,20,21)(H,22,23)(H3,17,18,19). The summed E-state index contributed by atoms with van der Waals surface area (Å²) in [4.78, 5) is 37.0. The number of ether oxygens (including phenoxy) is 2. The van der Waals surface area contributed by atoms with Gasteiger partial charge in [0.25, 0.3) is 5.56 Å².